The van der Waals surface area contributed by atoms with E-state index < -0.39 is 0 Å². The molecular weight excluding hydrogens is 404 g/mol. The summed E-state index contributed by atoms with van der Waals surface area (Å²) in [6.45, 7) is 14.1. The summed E-state index contributed by atoms with van der Waals surface area (Å²) in [5.41, 5.74) is 7.04. The Bertz CT molecular complexity index is 950. The number of benzene rings is 2. The van der Waals surface area contributed by atoms with Crippen LogP contribution in [0.15, 0.2) is 48.5 Å². The maximum absolute atomic E-state index is 3.85. The topological polar surface area (TPSA) is 21.8 Å². The van der Waals surface area contributed by atoms with Crippen LogP contribution in [-0.4, -0.2) is 74.2 Å². The highest BCUT2D eigenvalue weighted by Crippen LogP contribution is 2.33. The molecule has 3 aliphatic rings. The molecule has 0 unspecified atom stereocenters. The predicted molar refractivity (Wildman–Crippen MR) is 141 cm³/mol. The van der Waals surface area contributed by atoms with Crippen molar-refractivity contribution in [1.29, 1.82) is 0 Å². The highest BCUT2D eigenvalue weighted by molar-refractivity contribution is 5.89. The van der Waals surface area contributed by atoms with Crippen LogP contribution in [0.2, 0.25) is 0 Å². The van der Waals surface area contributed by atoms with E-state index in [4.69, 9.17) is 0 Å². The van der Waals surface area contributed by atoms with Gasteiger partial charge in [0.1, 0.15) is 0 Å². The lowest BCUT2D eigenvalue weighted by atomic mass is 10.0. The number of allylic oxidation sites excluding steroid dienone is 1. The fourth-order valence-electron chi connectivity index (χ4n) is 5.64. The average Bonchev–Trinajstić information content (AvgIpc) is 3.29. The molecule has 2 heterocycles. The van der Waals surface area contributed by atoms with Crippen LogP contribution in [0, 0.1) is 0 Å². The van der Waals surface area contributed by atoms with Crippen LogP contribution in [0.4, 0.5) is 5.69 Å². The van der Waals surface area contributed by atoms with Crippen LogP contribution in [0.3, 0.4) is 0 Å². The van der Waals surface area contributed by atoms with E-state index in [0.717, 1.165) is 26.1 Å². The first-order valence-electron chi connectivity index (χ1n) is 13.0. The minimum absolute atomic E-state index is 0.661. The van der Waals surface area contributed by atoms with E-state index in [9.17, 15) is 0 Å². The molecule has 2 fully saturated rings. The first-order valence-corrected chi connectivity index (χ1v) is 13.0. The molecule has 176 valence electrons. The van der Waals surface area contributed by atoms with Gasteiger partial charge < -0.3 is 10.2 Å². The van der Waals surface area contributed by atoms with E-state index in [0.29, 0.717) is 12.1 Å². The van der Waals surface area contributed by atoms with Crippen molar-refractivity contribution in [3.63, 3.8) is 0 Å². The third-order valence-corrected chi connectivity index (χ3v) is 7.84. The van der Waals surface area contributed by atoms with Gasteiger partial charge in [0.05, 0.1) is 0 Å². The second-order valence-electron chi connectivity index (χ2n) is 10.3. The molecule has 0 amide bonds. The molecule has 33 heavy (non-hydrogen) atoms. The molecule has 0 spiro atoms. The smallest absolute Gasteiger partial charge is 0.0372 e. The molecule has 2 aromatic carbocycles. The monoisotopic (exact) mass is 444 g/mol. The molecule has 0 saturated carbocycles. The van der Waals surface area contributed by atoms with Crippen molar-refractivity contribution >= 4 is 17.3 Å². The van der Waals surface area contributed by atoms with Crippen molar-refractivity contribution in [2.24, 2.45) is 0 Å². The molecule has 1 aliphatic carbocycles. The molecule has 2 aliphatic heterocycles. The van der Waals surface area contributed by atoms with Crippen molar-refractivity contribution in [3.05, 3.63) is 65.2 Å². The summed E-state index contributed by atoms with van der Waals surface area (Å²) < 4.78 is 0. The van der Waals surface area contributed by atoms with E-state index >= 15 is 0 Å². The minimum atomic E-state index is 0.661. The van der Waals surface area contributed by atoms with Crippen LogP contribution < -0.4 is 10.2 Å². The number of piperazine rings is 1. The number of nitrogens with zero attached hydrogens (tertiary/aromatic N) is 3. The van der Waals surface area contributed by atoms with E-state index in [2.05, 4.69) is 88.5 Å². The van der Waals surface area contributed by atoms with Gasteiger partial charge in [-0.1, -0.05) is 42.5 Å². The predicted octanol–water partition coefficient (Wildman–Crippen LogP) is 4.37. The third-order valence-electron chi connectivity index (χ3n) is 7.84. The van der Waals surface area contributed by atoms with E-state index in [1.165, 1.54) is 73.5 Å². The zero-order valence-electron chi connectivity index (χ0n) is 20.5. The van der Waals surface area contributed by atoms with E-state index in [1.54, 1.807) is 0 Å². The highest BCUT2D eigenvalue weighted by Gasteiger charge is 2.22. The minimum Gasteiger partial charge on any atom is -0.371 e. The Labute approximate surface area is 200 Å². The van der Waals surface area contributed by atoms with Crippen molar-refractivity contribution in [1.82, 2.24) is 15.1 Å². The summed E-state index contributed by atoms with van der Waals surface area (Å²) in [4.78, 5) is 7.80. The molecule has 4 heteroatoms. The van der Waals surface area contributed by atoms with Crippen LogP contribution in [0.1, 0.15) is 43.4 Å². The van der Waals surface area contributed by atoms with Gasteiger partial charge in [-0.2, -0.15) is 0 Å². The summed E-state index contributed by atoms with van der Waals surface area (Å²) >= 11 is 0. The fraction of sp³-hybridized carbons (Fsp3) is 0.517. The lowest BCUT2D eigenvalue weighted by molar-refractivity contribution is 0.108. The standard InChI is InChI=1S/C29H40N4/c1-23(2)32-18-16-31(17-19-32)15-12-30-28-10-13-33(14-11-28)29-9-5-8-26(22-29)27-20-24-6-3-4-7-25(24)21-27/h3-9,20,22-23,28,30H,10-19,21H2,1-2H3. The van der Waals surface area contributed by atoms with Gasteiger partial charge in [0.2, 0.25) is 0 Å². The average molecular weight is 445 g/mol. The molecular formula is C29H40N4. The third kappa shape index (κ3) is 5.51. The Kier molecular flexibility index (Phi) is 7.15. The second kappa shape index (κ2) is 10.4. The van der Waals surface area contributed by atoms with Gasteiger partial charge in [-0.3, -0.25) is 9.80 Å². The van der Waals surface area contributed by atoms with Gasteiger partial charge in [-0.25, -0.2) is 0 Å². The van der Waals surface area contributed by atoms with Crippen molar-refractivity contribution < 1.29 is 0 Å². The van der Waals surface area contributed by atoms with Gasteiger partial charge in [0.15, 0.2) is 0 Å². The van der Waals surface area contributed by atoms with Crippen LogP contribution in [0.25, 0.3) is 11.6 Å². The molecule has 0 bridgehead atoms. The summed E-state index contributed by atoms with van der Waals surface area (Å²) in [6, 6.07) is 19.3. The zero-order valence-corrected chi connectivity index (χ0v) is 20.5. The maximum atomic E-state index is 3.85. The Morgan fingerprint density at radius 2 is 1.70 bits per heavy atom. The Balaban J connectivity index is 1.07. The van der Waals surface area contributed by atoms with Crippen molar-refractivity contribution in [2.75, 3.05) is 57.3 Å². The molecule has 0 radical (unpaired) electrons. The summed E-state index contributed by atoms with van der Waals surface area (Å²) in [5.74, 6) is 0. The summed E-state index contributed by atoms with van der Waals surface area (Å²) in [6.07, 6.45) is 5.89. The molecule has 1 N–H and O–H groups in total. The highest BCUT2D eigenvalue weighted by atomic mass is 15.3. The number of anilines is 1. The van der Waals surface area contributed by atoms with Crippen LogP contribution in [-0.2, 0) is 6.42 Å². The first kappa shape index (κ1) is 22.6. The Morgan fingerprint density at radius 1 is 0.909 bits per heavy atom. The second-order valence-corrected chi connectivity index (χ2v) is 10.3. The quantitative estimate of drug-likeness (QED) is 0.685. The molecule has 5 rings (SSSR count). The SMILES string of the molecule is CC(C)N1CCN(CCNC2CCN(c3cccc(C4=Cc5ccccc5C4)c3)CC2)CC1. The van der Waals surface area contributed by atoms with Gasteiger partial charge in [0.25, 0.3) is 0 Å². The summed E-state index contributed by atoms with van der Waals surface area (Å²) in [7, 11) is 0. The van der Waals surface area contributed by atoms with Crippen LogP contribution in [0.5, 0.6) is 0 Å². The zero-order chi connectivity index (χ0) is 22.6. The lowest BCUT2D eigenvalue weighted by Crippen LogP contribution is -2.51. The van der Waals surface area contributed by atoms with Gasteiger partial charge >= 0.3 is 0 Å². The molecule has 2 aromatic rings. The van der Waals surface area contributed by atoms with Crippen molar-refractivity contribution in [2.45, 2.75) is 45.2 Å². The van der Waals surface area contributed by atoms with Crippen molar-refractivity contribution in [3.8, 4) is 0 Å². The van der Waals surface area contributed by atoms with Gasteiger partial charge in [-0.15, -0.1) is 0 Å². The first-order chi connectivity index (χ1) is 16.2. The summed E-state index contributed by atoms with van der Waals surface area (Å²) in [5, 5.41) is 3.85. The molecule has 2 saturated heterocycles. The van der Waals surface area contributed by atoms with Gasteiger partial charge in [0, 0.05) is 70.1 Å². The van der Waals surface area contributed by atoms with Crippen LogP contribution >= 0.6 is 0 Å². The molecule has 0 aromatic heterocycles. The van der Waals surface area contributed by atoms with E-state index in [1.807, 2.05) is 0 Å². The fourth-order valence-corrected chi connectivity index (χ4v) is 5.64. The Morgan fingerprint density at radius 3 is 2.45 bits per heavy atom. The number of hydrogen-bond donors (Lipinski definition) is 1. The maximum Gasteiger partial charge on any atom is 0.0372 e. The number of piperidine rings is 1. The number of hydrogen-bond acceptors (Lipinski definition) is 4. The molecule has 4 nitrogen and oxygen atoms in total. The Hall–Kier alpha value is -2.14. The largest absolute Gasteiger partial charge is 0.371 e. The van der Waals surface area contributed by atoms with Gasteiger partial charge in [-0.05, 0) is 67.5 Å². The molecule has 0 atom stereocenters. The lowest BCUT2D eigenvalue weighted by Gasteiger charge is -2.37. The number of nitrogens with one attached hydrogen (secondary N) is 1. The number of rotatable bonds is 7. The van der Waals surface area contributed by atoms with E-state index in [-0.39, 0.29) is 0 Å². The number of fused-ring (bicyclic) bond motifs is 1. The normalized spacial score (nSPS) is 20.3.